The molecule has 1 aromatic rings. The van der Waals surface area contributed by atoms with Gasteiger partial charge in [0.2, 0.25) is 0 Å². The summed E-state index contributed by atoms with van der Waals surface area (Å²) in [5.74, 6) is 3.10. The molecule has 0 bridgehead atoms. The maximum atomic E-state index is 12.5. The number of nitrogens with zero attached hydrogens (tertiary/aromatic N) is 1. The third-order valence-electron chi connectivity index (χ3n) is 4.12. The lowest BCUT2D eigenvalue weighted by Crippen LogP contribution is -2.38. The predicted octanol–water partition coefficient (Wildman–Crippen LogP) is 2.61. The summed E-state index contributed by atoms with van der Waals surface area (Å²) in [6.45, 7) is 3.06. The molecule has 1 atom stereocenters. The van der Waals surface area contributed by atoms with Crippen LogP contribution >= 0.6 is 23.1 Å². The summed E-state index contributed by atoms with van der Waals surface area (Å²) in [4.78, 5) is 16.8. The highest BCUT2D eigenvalue weighted by molar-refractivity contribution is 7.98. The monoisotopic (exact) mass is 310 g/mol. The van der Waals surface area contributed by atoms with E-state index >= 15 is 0 Å². The Morgan fingerprint density at radius 2 is 2.45 bits per heavy atom. The highest BCUT2D eigenvalue weighted by Gasteiger charge is 2.22. The molecule has 5 heteroatoms. The third kappa shape index (κ3) is 3.21. The molecule has 1 N–H and O–H groups in total. The first kappa shape index (κ1) is 14.4. The van der Waals surface area contributed by atoms with Crippen molar-refractivity contribution in [3.05, 3.63) is 21.4 Å². The van der Waals surface area contributed by atoms with Crippen LogP contribution in [0.2, 0.25) is 0 Å². The number of carbonyl (C=O) groups is 1. The molecule has 1 unspecified atom stereocenters. The molecule has 0 spiro atoms. The zero-order valence-corrected chi connectivity index (χ0v) is 13.6. The lowest BCUT2D eigenvalue weighted by Gasteiger charge is -2.27. The largest absolute Gasteiger partial charge is 0.341 e. The Bertz CT molecular complexity index is 457. The topological polar surface area (TPSA) is 32.3 Å². The number of thioether (sulfide) groups is 1. The molecule has 110 valence electrons. The number of aryl methyl sites for hydroxylation is 1. The summed E-state index contributed by atoms with van der Waals surface area (Å²) in [6.07, 6.45) is 3.60. The highest BCUT2D eigenvalue weighted by atomic mass is 32.2. The van der Waals surface area contributed by atoms with Gasteiger partial charge < -0.3 is 10.2 Å². The summed E-state index contributed by atoms with van der Waals surface area (Å²) in [6, 6.07) is 2.13. The van der Waals surface area contributed by atoms with Gasteiger partial charge >= 0.3 is 0 Å². The van der Waals surface area contributed by atoms with E-state index in [1.807, 2.05) is 23.7 Å². The summed E-state index contributed by atoms with van der Waals surface area (Å²) >= 11 is 3.69. The van der Waals surface area contributed by atoms with Crippen LogP contribution in [0.5, 0.6) is 0 Å². The standard InChI is InChI=1S/C15H22N2OS2/c1-17(9-11-3-2-5-16-8-11)15(18)14-7-12-10-19-6-4-13(12)20-14/h7,11,16H,2-6,8-10H2,1H3. The van der Waals surface area contributed by atoms with E-state index < -0.39 is 0 Å². The van der Waals surface area contributed by atoms with Crippen LogP contribution in [0.1, 0.15) is 33.0 Å². The fourth-order valence-corrected chi connectivity index (χ4v) is 5.36. The van der Waals surface area contributed by atoms with E-state index in [0.29, 0.717) is 5.92 Å². The second kappa shape index (κ2) is 6.50. The van der Waals surface area contributed by atoms with Crippen molar-refractivity contribution in [2.24, 2.45) is 5.92 Å². The van der Waals surface area contributed by atoms with Gasteiger partial charge in [0, 0.05) is 24.2 Å². The SMILES string of the molecule is CN(CC1CCCNC1)C(=O)c1cc2c(s1)CCSC2. The molecule has 2 aliphatic rings. The number of hydrogen-bond acceptors (Lipinski definition) is 4. The average molecular weight is 310 g/mol. The van der Waals surface area contributed by atoms with Crippen LogP contribution in [0.4, 0.5) is 0 Å². The Hall–Kier alpha value is -0.520. The number of thiophene rings is 1. The molecular weight excluding hydrogens is 288 g/mol. The van der Waals surface area contributed by atoms with Crippen LogP contribution < -0.4 is 5.32 Å². The van der Waals surface area contributed by atoms with Crippen LogP contribution in [0.15, 0.2) is 6.07 Å². The summed E-state index contributed by atoms with van der Waals surface area (Å²) in [7, 11) is 1.95. The van der Waals surface area contributed by atoms with Crippen LogP contribution in [0.3, 0.4) is 0 Å². The van der Waals surface area contributed by atoms with Crippen molar-refractivity contribution in [3.8, 4) is 0 Å². The van der Waals surface area contributed by atoms with Gasteiger partial charge in [-0.2, -0.15) is 11.8 Å². The molecule has 0 radical (unpaired) electrons. The molecule has 3 rings (SSSR count). The van der Waals surface area contributed by atoms with E-state index in [0.717, 1.165) is 36.7 Å². The number of amides is 1. The molecule has 1 aromatic heterocycles. The van der Waals surface area contributed by atoms with Crippen molar-refractivity contribution < 1.29 is 4.79 Å². The third-order valence-corrected chi connectivity index (χ3v) is 6.35. The van der Waals surface area contributed by atoms with Crippen molar-refractivity contribution in [2.75, 3.05) is 32.4 Å². The normalized spacial score (nSPS) is 22.4. The number of piperidine rings is 1. The van der Waals surface area contributed by atoms with Gasteiger partial charge in [-0.25, -0.2) is 0 Å². The Labute approximate surface area is 129 Å². The lowest BCUT2D eigenvalue weighted by atomic mass is 9.99. The minimum Gasteiger partial charge on any atom is -0.341 e. The summed E-state index contributed by atoms with van der Waals surface area (Å²) < 4.78 is 0. The second-order valence-electron chi connectivity index (χ2n) is 5.76. The first-order chi connectivity index (χ1) is 9.74. The van der Waals surface area contributed by atoms with Crippen LogP contribution in [-0.4, -0.2) is 43.2 Å². The molecule has 0 aromatic carbocycles. The van der Waals surface area contributed by atoms with Crippen molar-refractivity contribution in [3.63, 3.8) is 0 Å². The van der Waals surface area contributed by atoms with Crippen molar-refractivity contribution >= 4 is 29.0 Å². The van der Waals surface area contributed by atoms with Gasteiger partial charge in [-0.15, -0.1) is 11.3 Å². The molecule has 0 saturated carbocycles. The van der Waals surface area contributed by atoms with E-state index in [1.165, 1.54) is 29.0 Å². The maximum Gasteiger partial charge on any atom is 0.263 e. The van der Waals surface area contributed by atoms with Crippen molar-refractivity contribution in [1.29, 1.82) is 0 Å². The minimum atomic E-state index is 0.208. The van der Waals surface area contributed by atoms with E-state index in [-0.39, 0.29) is 5.91 Å². The molecule has 3 heterocycles. The Morgan fingerprint density at radius 3 is 3.20 bits per heavy atom. The predicted molar refractivity (Wildman–Crippen MR) is 86.7 cm³/mol. The van der Waals surface area contributed by atoms with Gasteiger partial charge in [0.05, 0.1) is 4.88 Å². The Balaban J connectivity index is 1.63. The van der Waals surface area contributed by atoms with E-state index in [4.69, 9.17) is 0 Å². The molecule has 20 heavy (non-hydrogen) atoms. The van der Waals surface area contributed by atoms with Crippen LogP contribution in [0, 0.1) is 5.92 Å². The number of carbonyl (C=O) groups excluding carboxylic acids is 1. The molecule has 1 saturated heterocycles. The molecule has 1 fully saturated rings. The highest BCUT2D eigenvalue weighted by Crippen LogP contribution is 2.32. The molecular formula is C15H22N2OS2. The van der Waals surface area contributed by atoms with E-state index in [2.05, 4.69) is 11.4 Å². The first-order valence-corrected chi connectivity index (χ1v) is 9.36. The van der Waals surface area contributed by atoms with E-state index in [1.54, 1.807) is 11.3 Å². The van der Waals surface area contributed by atoms with Gasteiger partial charge in [-0.3, -0.25) is 4.79 Å². The van der Waals surface area contributed by atoms with Gasteiger partial charge in [0.25, 0.3) is 5.91 Å². The number of hydrogen-bond donors (Lipinski definition) is 1. The lowest BCUT2D eigenvalue weighted by molar-refractivity contribution is 0.0769. The van der Waals surface area contributed by atoms with Gasteiger partial charge in [-0.05, 0) is 55.7 Å². The zero-order chi connectivity index (χ0) is 13.9. The second-order valence-corrected chi connectivity index (χ2v) is 8.00. The van der Waals surface area contributed by atoms with Gasteiger partial charge in [0.1, 0.15) is 0 Å². The average Bonchev–Trinajstić information content (AvgIpc) is 2.91. The summed E-state index contributed by atoms with van der Waals surface area (Å²) in [5, 5.41) is 3.42. The summed E-state index contributed by atoms with van der Waals surface area (Å²) in [5.41, 5.74) is 1.39. The van der Waals surface area contributed by atoms with Crippen molar-refractivity contribution in [2.45, 2.75) is 25.0 Å². The number of fused-ring (bicyclic) bond motifs is 1. The van der Waals surface area contributed by atoms with Gasteiger partial charge in [-0.1, -0.05) is 0 Å². The minimum absolute atomic E-state index is 0.208. The molecule has 2 aliphatic heterocycles. The molecule has 0 aliphatic carbocycles. The molecule has 1 amide bonds. The van der Waals surface area contributed by atoms with Crippen molar-refractivity contribution in [1.82, 2.24) is 10.2 Å². The van der Waals surface area contributed by atoms with E-state index in [9.17, 15) is 4.79 Å². The quantitative estimate of drug-likeness (QED) is 0.931. The zero-order valence-electron chi connectivity index (χ0n) is 12.0. The number of rotatable bonds is 3. The first-order valence-electron chi connectivity index (χ1n) is 7.39. The smallest absolute Gasteiger partial charge is 0.263 e. The van der Waals surface area contributed by atoms with Crippen LogP contribution in [-0.2, 0) is 12.2 Å². The maximum absolute atomic E-state index is 12.5. The molecule has 3 nitrogen and oxygen atoms in total. The van der Waals surface area contributed by atoms with Gasteiger partial charge in [0.15, 0.2) is 0 Å². The fourth-order valence-electron chi connectivity index (χ4n) is 2.99. The fraction of sp³-hybridized carbons (Fsp3) is 0.667. The Kier molecular flexibility index (Phi) is 4.68. The Morgan fingerprint density at radius 1 is 1.55 bits per heavy atom. The number of nitrogens with one attached hydrogen (secondary N) is 1. The van der Waals surface area contributed by atoms with Crippen LogP contribution in [0.25, 0.3) is 0 Å².